The Morgan fingerprint density at radius 2 is 0.764 bits per heavy atom. The van der Waals surface area contributed by atoms with E-state index in [0.717, 1.165) is 0 Å². The van der Waals surface area contributed by atoms with E-state index in [1.807, 2.05) is 0 Å². The molecule has 10 aromatic rings. The smallest absolute Gasteiger partial charge is 0.0159 e. The van der Waals surface area contributed by atoms with Gasteiger partial charge in [0.25, 0.3) is 0 Å². The standard InChI is InChI=1S/C55H38/c1-55(2)50-27-12-11-25-48(50)54-41(26-14-28-51(54)55)35-29-31-36(32-30-35)52-44-21-7-9-23-46(44)53(47-24-10-8-22-45(47)52)39-17-13-16-37(33-39)49-34-38-15-3-4-18-40(38)42-19-5-6-20-43(42)49/h3-34H,1-2H3. The van der Waals surface area contributed by atoms with Gasteiger partial charge in [-0.1, -0.05) is 196 Å². The van der Waals surface area contributed by atoms with Crippen LogP contribution in [-0.4, -0.2) is 0 Å². The summed E-state index contributed by atoms with van der Waals surface area (Å²) in [6.07, 6.45) is 0. The molecular formula is C55H38. The van der Waals surface area contributed by atoms with Crippen LogP contribution in [0, 0.1) is 0 Å². The van der Waals surface area contributed by atoms with Crippen LogP contribution in [-0.2, 0) is 5.41 Å². The normalized spacial score (nSPS) is 13.1. The lowest BCUT2D eigenvalue weighted by atomic mass is 9.82. The Kier molecular flexibility index (Phi) is 7.00. The van der Waals surface area contributed by atoms with Crippen molar-refractivity contribution in [1.29, 1.82) is 0 Å². The third-order valence-electron chi connectivity index (χ3n) is 12.3. The van der Waals surface area contributed by atoms with Gasteiger partial charge in [-0.05, 0) is 122 Å². The number of benzene rings is 10. The van der Waals surface area contributed by atoms with E-state index in [-0.39, 0.29) is 5.41 Å². The largest absolute Gasteiger partial charge is 0.0619 e. The fraction of sp³-hybridized carbons (Fsp3) is 0.0545. The fourth-order valence-electron chi connectivity index (χ4n) is 9.70. The zero-order chi connectivity index (χ0) is 36.7. The number of hydrogen-bond donors (Lipinski definition) is 0. The molecule has 0 heterocycles. The second kappa shape index (κ2) is 12.1. The molecule has 0 unspecified atom stereocenters. The monoisotopic (exact) mass is 698 g/mol. The highest BCUT2D eigenvalue weighted by molar-refractivity contribution is 6.22. The maximum Gasteiger partial charge on any atom is 0.0159 e. The van der Waals surface area contributed by atoms with Gasteiger partial charge in [0.2, 0.25) is 0 Å². The van der Waals surface area contributed by atoms with Crippen molar-refractivity contribution in [3.63, 3.8) is 0 Å². The Hall–Kier alpha value is -6.76. The van der Waals surface area contributed by atoms with Crippen LogP contribution in [0.2, 0.25) is 0 Å². The van der Waals surface area contributed by atoms with Gasteiger partial charge in [0.1, 0.15) is 0 Å². The first-order valence-corrected chi connectivity index (χ1v) is 19.4. The van der Waals surface area contributed by atoms with Crippen molar-refractivity contribution in [2.24, 2.45) is 0 Å². The van der Waals surface area contributed by atoms with Crippen LogP contribution in [0.4, 0.5) is 0 Å². The molecule has 0 aromatic heterocycles. The Morgan fingerprint density at radius 3 is 1.47 bits per heavy atom. The third-order valence-corrected chi connectivity index (χ3v) is 12.3. The quantitative estimate of drug-likeness (QED) is 0.127. The molecule has 1 aliphatic carbocycles. The van der Waals surface area contributed by atoms with Crippen LogP contribution in [0.5, 0.6) is 0 Å². The van der Waals surface area contributed by atoms with Gasteiger partial charge in [0, 0.05) is 5.41 Å². The first kappa shape index (κ1) is 31.7. The molecule has 0 fully saturated rings. The maximum absolute atomic E-state index is 2.40. The molecule has 0 nitrogen and oxygen atoms in total. The molecule has 0 aliphatic heterocycles. The molecule has 55 heavy (non-hydrogen) atoms. The van der Waals surface area contributed by atoms with Crippen LogP contribution in [0.3, 0.4) is 0 Å². The van der Waals surface area contributed by atoms with E-state index >= 15 is 0 Å². The molecule has 10 aromatic carbocycles. The van der Waals surface area contributed by atoms with Crippen LogP contribution < -0.4 is 0 Å². The van der Waals surface area contributed by atoms with Gasteiger partial charge < -0.3 is 0 Å². The molecule has 11 rings (SSSR count). The van der Waals surface area contributed by atoms with Gasteiger partial charge in [-0.15, -0.1) is 0 Å². The predicted molar refractivity (Wildman–Crippen MR) is 236 cm³/mol. The van der Waals surface area contributed by atoms with Crippen LogP contribution in [0.1, 0.15) is 25.0 Å². The zero-order valence-electron chi connectivity index (χ0n) is 31.0. The topological polar surface area (TPSA) is 0 Å². The average Bonchev–Trinajstić information content (AvgIpc) is 3.48. The molecule has 0 amide bonds. The number of fused-ring (bicyclic) bond motifs is 8. The molecule has 0 heteroatoms. The SMILES string of the molecule is CC1(C)c2ccccc2-c2c(-c3ccc(-c4c5ccccc5c(-c5cccc(-c6cc7ccccc7c7ccccc67)c5)c5ccccc45)cc3)cccc21. The van der Waals surface area contributed by atoms with E-state index in [2.05, 4.69) is 208 Å². The first-order valence-electron chi connectivity index (χ1n) is 19.4. The maximum atomic E-state index is 2.40. The van der Waals surface area contributed by atoms with Gasteiger partial charge in [0.15, 0.2) is 0 Å². The lowest BCUT2D eigenvalue weighted by Gasteiger charge is -2.21. The molecule has 258 valence electrons. The van der Waals surface area contributed by atoms with Crippen LogP contribution in [0.25, 0.3) is 98.7 Å². The number of hydrogen-bond acceptors (Lipinski definition) is 0. The summed E-state index contributed by atoms with van der Waals surface area (Å²) in [5.41, 5.74) is 15.6. The molecule has 0 spiro atoms. The molecule has 1 aliphatic rings. The first-order chi connectivity index (χ1) is 27.1. The van der Waals surface area contributed by atoms with E-state index in [9.17, 15) is 0 Å². The van der Waals surface area contributed by atoms with E-state index in [0.29, 0.717) is 0 Å². The van der Waals surface area contributed by atoms with Gasteiger partial charge in [0.05, 0.1) is 0 Å². The second-order valence-electron chi connectivity index (χ2n) is 15.6. The summed E-state index contributed by atoms with van der Waals surface area (Å²) in [5, 5.41) is 10.2. The minimum Gasteiger partial charge on any atom is -0.0619 e. The summed E-state index contributed by atoms with van der Waals surface area (Å²) >= 11 is 0. The molecule has 0 bridgehead atoms. The lowest BCUT2D eigenvalue weighted by Crippen LogP contribution is -2.14. The predicted octanol–water partition coefficient (Wildman–Crippen LogP) is 15.3. The molecule has 0 atom stereocenters. The van der Waals surface area contributed by atoms with E-state index in [1.54, 1.807) is 0 Å². The van der Waals surface area contributed by atoms with E-state index in [1.165, 1.54) is 110 Å². The Morgan fingerprint density at radius 1 is 0.273 bits per heavy atom. The Bertz CT molecular complexity index is 3100. The summed E-state index contributed by atoms with van der Waals surface area (Å²) < 4.78 is 0. The fourth-order valence-corrected chi connectivity index (χ4v) is 9.70. The molecular weight excluding hydrogens is 661 g/mol. The Balaban J connectivity index is 1.08. The molecule has 0 saturated heterocycles. The van der Waals surface area contributed by atoms with Gasteiger partial charge in [-0.3, -0.25) is 0 Å². The minimum absolute atomic E-state index is 0.0236. The average molecular weight is 699 g/mol. The van der Waals surface area contributed by atoms with Crippen molar-refractivity contribution < 1.29 is 0 Å². The van der Waals surface area contributed by atoms with Crippen molar-refractivity contribution in [2.75, 3.05) is 0 Å². The number of rotatable bonds is 4. The summed E-state index contributed by atoms with van der Waals surface area (Å²) in [6.45, 7) is 4.71. The summed E-state index contributed by atoms with van der Waals surface area (Å²) in [4.78, 5) is 0. The molecule has 0 saturated carbocycles. The van der Waals surface area contributed by atoms with Crippen molar-refractivity contribution in [2.45, 2.75) is 19.3 Å². The highest BCUT2D eigenvalue weighted by Gasteiger charge is 2.36. The third kappa shape index (κ3) is 4.78. The van der Waals surface area contributed by atoms with Gasteiger partial charge >= 0.3 is 0 Å². The van der Waals surface area contributed by atoms with Gasteiger partial charge in [-0.2, -0.15) is 0 Å². The molecule has 0 N–H and O–H groups in total. The van der Waals surface area contributed by atoms with E-state index in [4.69, 9.17) is 0 Å². The highest BCUT2D eigenvalue weighted by Crippen LogP contribution is 2.52. The lowest BCUT2D eigenvalue weighted by molar-refractivity contribution is 0.660. The van der Waals surface area contributed by atoms with Crippen LogP contribution in [0.15, 0.2) is 194 Å². The second-order valence-corrected chi connectivity index (χ2v) is 15.6. The van der Waals surface area contributed by atoms with Gasteiger partial charge in [-0.25, -0.2) is 0 Å². The van der Waals surface area contributed by atoms with E-state index < -0.39 is 0 Å². The van der Waals surface area contributed by atoms with Crippen molar-refractivity contribution >= 4 is 43.1 Å². The molecule has 0 radical (unpaired) electrons. The summed E-state index contributed by atoms with van der Waals surface area (Å²) in [6, 6.07) is 72.1. The summed E-state index contributed by atoms with van der Waals surface area (Å²) in [5.74, 6) is 0. The Labute approximate surface area is 322 Å². The van der Waals surface area contributed by atoms with Crippen LogP contribution >= 0.6 is 0 Å². The van der Waals surface area contributed by atoms with Crippen molar-refractivity contribution in [3.05, 3.63) is 205 Å². The van der Waals surface area contributed by atoms with Crippen molar-refractivity contribution in [1.82, 2.24) is 0 Å². The summed E-state index contributed by atoms with van der Waals surface area (Å²) in [7, 11) is 0. The highest BCUT2D eigenvalue weighted by atomic mass is 14.4. The minimum atomic E-state index is -0.0236. The zero-order valence-corrected chi connectivity index (χ0v) is 31.0. The van der Waals surface area contributed by atoms with Crippen molar-refractivity contribution in [3.8, 4) is 55.6 Å².